The number of aliphatic hydroxyl groups is 1. The van der Waals surface area contributed by atoms with E-state index in [9.17, 15) is 0 Å². The Balaban J connectivity index is 2.71. The SMILES string of the molecule is COc1ccc(CCCO)cc1Cl. The van der Waals surface area contributed by atoms with Gasteiger partial charge in [0.25, 0.3) is 0 Å². The zero-order valence-corrected chi connectivity index (χ0v) is 8.34. The van der Waals surface area contributed by atoms with Crippen LogP contribution in [0.15, 0.2) is 18.2 Å². The van der Waals surface area contributed by atoms with Crippen LogP contribution in [0.4, 0.5) is 0 Å². The smallest absolute Gasteiger partial charge is 0.137 e. The van der Waals surface area contributed by atoms with Gasteiger partial charge in [-0.1, -0.05) is 17.7 Å². The summed E-state index contributed by atoms with van der Waals surface area (Å²) in [5.41, 5.74) is 1.12. The van der Waals surface area contributed by atoms with Gasteiger partial charge in [-0.15, -0.1) is 0 Å². The first kappa shape index (κ1) is 10.4. The van der Waals surface area contributed by atoms with Crippen LogP contribution in [0.1, 0.15) is 12.0 Å². The van der Waals surface area contributed by atoms with Gasteiger partial charge in [0.15, 0.2) is 0 Å². The first-order valence-electron chi connectivity index (χ1n) is 4.21. The molecule has 0 fully saturated rings. The van der Waals surface area contributed by atoms with Gasteiger partial charge in [-0.25, -0.2) is 0 Å². The average Bonchev–Trinajstić information content (AvgIpc) is 2.15. The van der Waals surface area contributed by atoms with Crippen molar-refractivity contribution in [3.63, 3.8) is 0 Å². The van der Waals surface area contributed by atoms with Crippen molar-refractivity contribution in [3.8, 4) is 5.75 Å². The predicted molar refractivity (Wildman–Crippen MR) is 53.4 cm³/mol. The van der Waals surface area contributed by atoms with Crippen molar-refractivity contribution in [2.45, 2.75) is 12.8 Å². The zero-order valence-electron chi connectivity index (χ0n) is 7.59. The molecule has 0 radical (unpaired) electrons. The quantitative estimate of drug-likeness (QED) is 0.808. The van der Waals surface area contributed by atoms with Crippen LogP contribution in [0.3, 0.4) is 0 Å². The monoisotopic (exact) mass is 200 g/mol. The summed E-state index contributed by atoms with van der Waals surface area (Å²) in [6, 6.07) is 5.67. The lowest BCUT2D eigenvalue weighted by atomic mass is 10.1. The molecule has 3 heteroatoms. The molecule has 1 aromatic rings. The third kappa shape index (κ3) is 2.90. The van der Waals surface area contributed by atoms with E-state index in [1.807, 2.05) is 18.2 Å². The molecule has 0 saturated carbocycles. The molecular formula is C10H13ClO2. The van der Waals surface area contributed by atoms with E-state index in [0.29, 0.717) is 10.8 Å². The van der Waals surface area contributed by atoms with Crippen LogP contribution in [0.5, 0.6) is 5.75 Å². The van der Waals surface area contributed by atoms with Gasteiger partial charge < -0.3 is 9.84 Å². The molecule has 1 rings (SSSR count). The molecule has 0 aliphatic heterocycles. The maximum atomic E-state index is 8.64. The van der Waals surface area contributed by atoms with E-state index < -0.39 is 0 Å². The fourth-order valence-corrected chi connectivity index (χ4v) is 1.43. The third-order valence-corrected chi connectivity index (χ3v) is 2.14. The third-order valence-electron chi connectivity index (χ3n) is 1.84. The minimum atomic E-state index is 0.212. The highest BCUT2D eigenvalue weighted by atomic mass is 35.5. The Hall–Kier alpha value is -0.730. The van der Waals surface area contributed by atoms with E-state index in [-0.39, 0.29) is 6.61 Å². The highest BCUT2D eigenvalue weighted by molar-refractivity contribution is 6.32. The van der Waals surface area contributed by atoms with E-state index in [4.69, 9.17) is 21.4 Å². The summed E-state index contributed by atoms with van der Waals surface area (Å²) in [6.45, 7) is 0.212. The molecule has 2 nitrogen and oxygen atoms in total. The van der Waals surface area contributed by atoms with E-state index in [1.165, 1.54) is 0 Å². The van der Waals surface area contributed by atoms with Gasteiger partial charge >= 0.3 is 0 Å². The molecule has 0 unspecified atom stereocenters. The van der Waals surface area contributed by atoms with E-state index in [0.717, 1.165) is 18.4 Å². The maximum Gasteiger partial charge on any atom is 0.137 e. The van der Waals surface area contributed by atoms with Gasteiger partial charge in [0, 0.05) is 6.61 Å². The first-order valence-corrected chi connectivity index (χ1v) is 4.59. The molecule has 1 aromatic carbocycles. The van der Waals surface area contributed by atoms with Crippen LogP contribution in [0.2, 0.25) is 5.02 Å². The molecule has 0 atom stereocenters. The lowest BCUT2D eigenvalue weighted by molar-refractivity contribution is 0.288. The average molecular weight is 201 g/mol. The Labute approximate surface area is 83.1 Å². The van der Waals surface area contributed by atoms with Gasteiger partial charge in [-0.05, 0) is 30.5 Å². The van der Waals surface area contributed by atoms with Crippen molar-refractivity contribution in [2.24, 2.45) is 0 Å². The lowest BCUT2D eigenvalue weighted by Crippen LogP contribution is -1.90. The molecule has 0 aromatic heterocycles. The number of benzene rings is 1. The van der Waals surface area contributed by atoms with Crippen LogP contribution >= 0.6 is 11.6 Å². The molecule has 0 saturated heterocycles. The number of ether oxygens (including phenoxy) is 1. The molecule has 0 spiro atoms. The molecule has 13 heavy (non-hydrogen) atoms. The number of halogens is 1. The Bertz CT molecular complexity index is 274. The molecule has 0 bridgehead atoms. The minimum Gasteiger partial charge on any atom is -0.495 e. The zero-order chi connectivity index (χ0) is 9.68. The van der Waals surface area contributed by atoms with Gasteiger partial charge in [-0.2, -0.15) is 0 Å². The largest absolute Gasteiger partial charge is 0.495 e. The number of aliphatic hydroxyl groups excluding tert-OH is 1. The number of methoxy groups -OCH3 is 1. The second-order valence-electron chi connectivity index (χ2n) is 2.80. The van der Waals surface area contributed by atoms with E-state index in [1.54, 1.807) is 7.11 Å². The van der Waals surface area contributed by atoms with Crippen LogP contribution in [0, 0.1) is 0 Å². The lowest BCUT2D eigenvalue weighted by Gasteiger charge is -2.04. The Morgan fingerprint density at radius 2 is 2.23 bits per heavy atom. The number of rotatable bonds is 4. The van der Waals surface area contributed by atoms with Gasteiger partial charge in [0.2, 0.25) is 0 Å². The van der Waals surface area contributed by atoms with Crippen LogP contribution in [-0.4, -0.2) is 18.8 Å². The van der Waals surface area contributed by atoms with Crippen molar-refractivity contribution in [2.75, 3.05) is 13.7 Å². The van der Waals surface area contributed by atoms with Crippen molar-refractivity contribution < 1.29 is 9.84 Å². The van der Waals surface area contributed by atoms with Crippen molar-refractivity contribution in [1.29, 1.82) is 0 Å². The maximum absolute atomic E-state index is 8.64. The summed E-state index contributed by atoms with van der Waals surface area (Å²) < 4.78 is 5.02. The molecule has 0 amide bonds. The number of hydrogen-bond acceptors (Lipinski definition) is 2. The predicted octanol–water partition coefficient (Wildman–Crippen LogP) is 2.27. The highest BCUT2D eigenvalue weighted by Gasteiger charge is 2.00. The summed E-state index contributed by atoms with van der Waals surface area (Å²) in [5.74, 6) is 0.689. The second-order valence-corrected chi connectivity index (χ2v) is 3.20. The molecule has 0 aliphatic rings. The number of hydrogen-bond donors (Lipinski definition) is 1. The van der Waals surface area contributed by atoms with Crippen molar-refractivity contribution in [3.05, 3.63) is 28.8 Å². The van der Waals surface area contributed by atoms with Crippen LogP contribution < -0.4 is 4.74 Å². The van der Waals surface area contributed by atoms with E-state index >= 15 is 0 Å². The Kier molecular flexibility index (Phi) is 4.06. The highest BCUT2D eigenvalue weighted by Crippen LogP contribution is 2.25. The summed E-state index contributed by atoms with van der Waals surface area (Å²) in [4.78, 5) is 0. The topological polar surface area (TPSA) is 29.5 Å². The second kappa shape index (κ2) is 5.10. The fraction of sp³-hybridized carbons (Fsp3) is 0.400. The molecule has 0 aliphatic carbocycles. The van der Waals surface area contributed by atoms with E-state index in [2.05, 4.69) is 0 Å². The normalized spacial score (nSPS) is 10.1. The minimum absolute atomic E-state index is 0.212. The standard InChI is InChI=1S/C10H13ClO2/c1-13-10-5-4-8(3-2-6-12)7-9(10)11/h4-5,7,12H,2-3,6H2,1H3. The molecule has 1 N–H and O–H groups in total. The fourth-order valence-electron chi connectivity index (χ4n) is 1.15. The summed E-state index contributed by atoms with van der Waals surface area (Å²) in [6.07, 6.45) is 1.61. The number of aryl methyl sites for hydroxylation is 1. The Morgan fingerprint density at radius 1 is 1.46 bits per heavy atom. The van der Waals surface area contributed by atoms with Crippen molar-refractivity contribution >= 4 is 11.6 Å². The Morgan fingerprint density at radius 3 is 2.77 bits per heavy atom. The molecule has 72 valence electrons. The van der Waals surface area contributed by atoms with Gasteiger partial charge in [0.05, 0.1) is 12.1 Å². The van der Waals surface area contributed by atoms with Crippen molar-refractivity contribution in [1.82, 2.24) is 0 Å². The van der Waals surface area contributed by atoms with Gasteiger partial charge in [-0.3, -0.25) is 0 Å². The van der Waals surface area contributed by atoms with Crippen LogP contribution in [-0.2, 0) is 6.42 Å². The summed E-state index contributed by atoms with van der Waals surface area (Å²) in [5, 5.41) is 9.26. The van der Waals surface area contributed by atoms with Crippen LogP contribution in [0.25, 0.3) is 0 Å². The van der Waals surface area contributed by atoms with Gasteiger partial charge in [0.1, 0.15) is 5.75 Å². The molecular weight excluding hydrogens is 188 g/mol. The first-order chi connectivity index (χ1) is 6.27. The summed E-state index contributed by atoms with van der Waals surface area (Å²) >= 11 is 5.92. The summed E-state index contributed by atoms with van der Waals surface area (Å²) in [7, 11) is 1.59. The molecule has 0 heterocycles.